The molecule has 174 valence electrons. The van der Waals surface area contributed by atoms with Crippen molar-refractivity contribution in [1.29, 1.82) is 5.26 Å². The third-order valence-electron chi connectivity index (χ3n) is 5.59. The summed E-state index contributed by atoms with van der Waals surface area (Å²) in [6, 6.07) is 7.79. The van der Waals surface area contributed by atoms with Gasteiger partial charge in [-0.2, -0.15) is 9.57 Å². The second-order valence-corrected chi connectivity index (χ2v) is 11.1. The SMILES string of the molecule is CC(C)(C)OC(=O)N1CCCC(C(=O)N2CCN(S(=O)(=O)c3ccc(C#N)cc3)CC2)C1. The number of hydrogen-bond acceptors (Lipinski definition) is 6. The van der Waals surface area contributed by atoms with E-state index in [4.69, 9.17) is 10.00 Å². The van der Waals surface area contributed by atoms with Gasteiger partial charge in [0.1, 0.15) is 5.60 Å². The lowest BCUT2D eigenvalue weighted by molar-refractivity contribution is -0.138. The Hall–Kier alpha value is -2.64. The number of nitriles is 1. The zero-order chi connectivity index (χ0) is 23.5. The van der Waals surface area contributed by atoms with Crippen LogP contribution in [-0.4, -0.2) is 79.4 Å². The first-order valence-corrected chi connectivity index (χ1v) is 12.2. The Kier molecular flexibility index (Phi) is 7.10. The molecule has 2 amide bonds. The summed E-state index contributed by atoms with van der Waals surface area (Å²) >= 11 is 0. The van der Waals surface area contributed by atoms with Crippen LogP contribution < -0.4 is 0 Å². The molecule has 2 heterocycles. The minimum absolute atomic E-state index is 0.0475. The highest BCUT2D eigenvalue weighted by molar-refractivity contribution is 7.89. The highest BCUT2D eigenvalue weighted by Gasteiger charge is 2.36. The molecule has 1 aromatic rings. The number of ether oxygens (including phenoxy) is 1. The van der Waals surface area contributed by atoms with Gasteiger partial charge in [-0.15, -0.1) is 0 Å². The average Bonchev–Trinajstić information content (AvgIpc) is 2.77. The first-order valence-electron chi connectivity index (χ1n) is 10.8. The Morgan fingerprint density at radius 2 is 1.66 bits per heavy atom. The molecular weight excluding hydrogens is 432 g/mol. The number of piperazine rings is 1. The fourth-order valence-electron chi connectivity index (χ4n) is 3.93. The summed E-state index contributed by atoms with van der Waals surface area (Å²) in [5.41, 5.74) is -0.197. The van der Waals surface area contributed by atoms with Gasteiger partial charge in [0, 0.05) is 39.3 Å². The number of rotatable bonds is 3. The molecule has 0 saturated carbocycles. The van der Waals surface area contributed by atoms with Crippen LogP contribution in [0.3, 0.4) is 0 Å². The van der Waals surface area contributed by atoms with E-state index in [1.165, 1.54) is 28.6 Å². The Morgan fingerprint density at radius 1 is 1.03 bits per heavy atom. The lowest BCUT2D eigenvalue weighted by Gasteiger charge is -2.38. The van der Waals surface area contributed by atoms with Gasteiger partial charge in [0.25, 0.3) is 0 Å². The van der Waals surface area contributed by atoms with E-state index >= 15 is 0 Å². The zero-order valence-electron chi connectivity index (χ0n) is 18.8. The highest BCUT2D eigenvalue weighted by atomic mass is 32.2. The van der Waals surface area contributed by atoms with Crippen LogP contribution in [-0.2, 0) is 19.6 Å². The maximum absolute atomic E-state index is 13.1. The predicted octanol–water partition coefficient (Wildman–Crippen LogP) is 2.04. The quantitative estimate of drug-likeness (QED) is 0.680. The van der Waals surface area contributed by atoms with E-state index in [1.54, 1.807) is 9.80 Å². The summed E-state index contributed by atoms with van der Waals surface area (Å²) in [5, 5.41) is 8.89. The standard InChI is InChI=1S/C22H30N4O5S/c1-22(2,3)31-21(28)25-10-4-5-18(16-25)20(27)24-11-13-26(14-12-24)32(29,30)19-8-6-17(15-23)7-9-19/h6-9,18H,4-5,10-14,16H2,1-3H3. The molecule has 1 aromatic carbocycles. The van der Waals surface area contributed by atoms with Gasteiger partial charge >= 0.3 is 6.09 Å². The van der Waals surface area contributed by atoms with Crippen LogP contribution in [0.4, 0.5) is 4.79 Å². The van der Waals surface area contributed by atoms with Gasteiger partial charge in [-0.05, 0) is 57.9 Å². The monoisotopic (exact) mass is 462 g/mol. The highest BCUT2D eigenvalue weighted by Crippen LogP contribution is 2.23. The number of hydrogen-bond donors (Lipinski definition) is 0. The van der Waals surface area contributed by atoms with Crippen molar-refractivity contribution in [2.45, 2.75) is 44.1 Å². The lowest BCUT2D eigenvalue weighted by atomic mass is 9.96. The average molecular weight is 463 g/mol. The third kappa shape index (κ3) is 5.58. The number of carbonyl (C=O) groups is 2. The van der Waals surface area contributed by atoms with Gasteiger partial charge in [-0.1, -0.05) is 0 Å². The van der Waals surface area contributed by atoms with Gasteiger partial charge in [0.05, 0.1) is 22.4 Å². The molecule has 2 fully saturated rings. The first-order chi connectivity index (χ1) is 15.0. The van der Waals surface area contributed by atoms with Crippen LogP contribution in [0.25, 0.3) is 0 Å². The maximum Gasteiger partial charge on any atom is 0.410 e. The molecular formula is C22H30N4O5S. The summed E-state index contributed by atoms with van der Waals surface area (Å²) in [7, 11) is -3.68. The smallest absolute Gasteiger partial charge is 0.410 e. The van der Waals surface area contributed by atoms with Crippen molar-refractivity contribution < 1.29 is 22.7 Å². The van der Waals surface area contributed by atoms with Crippen LogP contribution in [0.1, 0.15) is 39.2 Å². The molecule has 2 aliphatic rings. The summed E-state index contributed by atoms with van der Waals surface area (Å²) < 4.78 is 32.6. The molecule has 0 radical (unpaired) electrons. The van der Waals surface area contributed by atoms with E-state index in [2.05, 4.69) is 0 Å². The topological polar surface area (TPSA) is 111 Å². The molecule has 1 unspecified atom stereocenters. The molecule has 2 aliphatic heterocycles. The zero-order valence-corrected chi connectivity index (χ0v) is 19.6. The van der Waals surface area contributed by atoms with Gasteiger partial charge in [0.15, 0.2) is 0 Å². The summed E-state index contributed by atoms with van der Waals surface area (Å²) in [6.45, 7) is 7.32. The molecule has 0 spiro atoms. The molecule has 0 aromatic heterocycles. The number of likely N-dealkylation sites (tertiary alicyclic amines) is 1. The molecule has 0 N–H and O–H groups in total. The van der Waals surface area contributed by atoms with Crippen LogP contribution in [0, 0.1) is 17.2 Å². The number of nitrogens with zero attached hydrogens (tertiary/aromatic N) is 4. The van der Waals surface area contributed by atoms with Gasteiger partial charge in [-0.3, -0.25) is 4.79 Å². The summed E-state index contributed by atoms with van der Waals surface area (Å²) in [6.07, 6.45) is 1.01. The molecule has 32 heavy (non-hydrogen) atoms. The molecule has 0 bridgehead atoms. The van der Waals surface area contributed by atoms with E-state index < -0.39 is 21.7 Å². The van der Waals surface area contributed by atoms with Crippen molar-refractivity contribution in [3.8, 4) is 6.07 Å². The van der Waals surface area contributed by atoms with E-state index in [0.29, 0.717) is 38.2 Å². The van der Waals surface area contributed by atoms with Crippen LogP contribution in [0.5, 0.6) is 0 Å². The second-order valence-electron chi connectivity index (χ2n) is 9.13. The first kappa shape index (κ1) is 24.0. The van der Waals surface area contributed by atoms with Gasteiger partial charge < -0.3 is 14.5 Å². The van der Waals surface area contributed by atoms with Crippen molar-refractivity contribution in [1.82, 2.24) is 14.1 Å². The molecule has 1 atom stereocenters. The fourth-order valence-corrected chi connectivity index (χ4v) is 5.35. The van der Waals surface area contributed by atoms with Crippen molar-refractivity contribution >= 4 is 22.0 Å². The minimum atomic E-state index is -3.68. The van der Waals surface area contributed by atoms with Crippen molar-refractivity contribution in [3.63, 3.8) is 0 Å². The number of carbonyl (C=O) groups excluding carboxylic acids is 2. The van der Waals surface area contributed by atoms with Crippen molar-refractivity contribution in [2.75, 3.05) is 39.3 Å². The van der Waals surface area contributed by atoms with E-state index in [-0.39, 0.29) is 29.8 Å². The number of amides is 2. The Morgan fingerprint density at radius 3 is 2.22 bits per heavy atom. The van der Waals surface area contributed by atoms with Gasteiger partial charge in [-0.25, -0.2) is 13.2 Å². The van der Waals surface area contributed by atoms with Crippen LogP contribution in [0.15, 0.2) is 29.2 Å². The normalized spacial score (nSPS) is 20.5. The molecule has 9 nitrogen and oxygen atoms in total. The third-order valence-corrected chi connectivity index (χ3v) is 7.51. The van der Waals surface area contributed by atoms with E-state index in [0.717, 1.165) is 6.42 Å². The Balaban J connectivity index is 1.58. The lowest BCUT2D eigenvalue weighted by Crippen LogP contribution is -2.54. The molecule has 2 saturated heterocycles. The molecule has 0 aliphatic carbocycles. The number of sulfonamides is 1. The maximum atomic E-state index is 13.1. The predicted molar refractivity (Wildman–Crippen MR) is 117 cm³/mol. The van der Waals surface area contributed by atoms with E-state index in [9.17, 15) is 18.0 Å². The fraction of sp³-hybridized carbons (Fsp3) is 0.591. The van der Waals surface area contributed by atoms with Crippen LogP contribution in [0.2, 0.25) is 0 Å². The number of benzene rings is 1. The van der Waals surface area contributed by atoms with E-state index in [1.807, 2.05) is 26.8 Å². The van der Waals surface area contributed by atoms with Crippen molar-refractivity contribution in [3.05, 3.63) is 29.8 Å². The summed E-state index contributed by atoms with van der Waals surface area (Å²) in [5.74, 6) is -0.355. The van der Waals surface area contributed by atoms with Gasteiger partial charge in [0.2, 0.25) is 15.9 Å². The number of piperidine rings is 1. The minimum Gasteiger partial charge on any atom is -0.444 e. The second kappa shape index (κ2) is 9.46. The molecule has 10 heteroatoms. The van der Waals surface area contributed by atoms with Crippen LogP contribution >= 0.6 is 0 Å². The Bertz CT molecular complexity index is 987. The van der Waals surface area contributed by atoms with Crippen molar-refractivity contribution in [2.24, 2.45) is 5.92 Å². The largest absolute Gasteiger partial charge is 0.444 e. The Labute approximate surface area is 189 Å². The molecule has 3 rings (SSSR count). The summed E-state index contributed by atoms with van der Waals surface area (Å²) in [4.78, 5) is 28.8.